The fourth-order valence-corrected chi connectivity index (χ4v) is 4.38. The fourth-order valence-electron chi connectivity index (χ4n) is 3.33. The minimum Gasteiger partial charge on any atom is -0.444 e. The van der Waals surface area contributed by atoms with Crippen molar-refractivity contribution in [3.8, 4) is 0 Å². The van der Waals surface area contributed by atoms with Crippen LogP contribution in [0.25, 0.3) is 0 Å². The van der Waals surface area contributed by atoms with Crippen LogP contribution in [-0.2, 0) is 16.8 Å². The quantitative estimate of drug-likeness (QED) is 0.785. The number of thiophene rings is 1. The topological polar surface area (TPSA) is 80.5 Å². The van der Waals surface area contributed by atoms with Crippen LogP contribution >= 0.6 is 11.3 Å². The third-order valence-corrected chi connectivity index (χ3v) is 5.73. The van der Waals surface area contributed by atoms with Crippen LogP contribution in [0.1, 0.15) is 75.0 Å². The summed E-state index contributed by atoms with van der Waals surface area (Å²) < 4.78 is 10.8. The Hall–Kier alpha value is -1.93. The van der Waals surface area contributed by atoms with Crippen LogP contribution in [0.4, 0.5) is 4.79 Å². The number of carbonyl (C=O) groups excluding carboxylic acids is 1. The molecule has 1 aliphatic rings. The van der Waals surface area contributed by atoms with Crippen molar-refractivity contribution < 1.29 is 14.1 Å². The summed E-state index contributed by atoms with van der Waals surface area (Å²) >= 11 is 1.85. The van der Waals surface area contributed by atoms with Crippen molar-refractivity contribution in [1.29, 1.82) is 0 Å². The normalized spacial score (nSPS) is 18.4. The van der Waals surface area contributed by atoms with Gasteiger partial charge in [-0.2, -0.15) is 4.98 Å². The van der Waals surface area contributed by atoms with Crippen molar-refractivity contribution in [3.05, 3.63) is 33.6 Å². The molecule has 8 heteroatoms. The first-order valence-corrected chi connectivity index (χ1v) is 10.5. The molecule has 0 aliphatic carbocycles. The van der Waals surface area contributed by atoms with E-state index >= 15 is 0 Å². The summed E-state index contributed by atoms with van der Waals surface area (Å²) in [7, 11) is 0. The third kappa shape index (κ3) is 5.11. The van der Waals surface area contributed by atoms with Crippen molar-refractivity contribution in [1.82, 2.24) is 20.4 Å². The van der Waals surface area contributed by atoms with E-state index in [1.54, 1.807) is 0 Å². The molecular formula is C20H30N4O3S. The highest BCUT2D eigenvalue weighted by Crippen LogP contribution is 2.36. The van der Waals surface area contributed by atoms with Gasteiger partial charge >= 0.3 is 6.09 Å². The maximum Gasteiger partial charge on any atom is 0.408 e. The second-order valence-electron chi connectivity index (χ2n) is 8.84. The van der Waals surface area contributed by atoms with E-state index in [0.29, 0.717) is 24.3 Å². The highest BCUT2D eigenvalue weighted by atomic mass is 32.1. The number of nitrogens with zero attached hydrogens (tertiary/aromatic N) is 3. The zero-order chi connectivity index (χ0) is 20.5. The van der Waals surface area contributed by atoms with Crippen LogP contribution in [-0.4, -0.2) is 33.3 Å². The lowest BCUT2D eigenvalue weighted by atomic mass is 10.1. The molecule has 1 fully saturated rings. The van der Waals surface area contributed by atoms with E-state index in [9.17, 15) is 4.79 Å². The molecule has 3 rings (SSSR count). The number of aromatic nitrogens is 2. The van der Waals surface area contributed by atoms with Gasteiger partial charge in [-0.05, 0) is 73.1 Å². The molecule has 1 N–H and O–H groups in total. The van der Waals surface area contributed by atoms with Crippen molar-refractivity contribution >= 4 is 17.4 Å². The number of likely N-dealkylation sites (tertiary alicyclic amines) is 1. The van der Waals surface area contributed by atoms with Gasteiger partial charge in [0.2, 0.25) is 5.89 Å². The maximum absolute atomic E-state index is 12.1. The first-order chi connectivity index (χ1) is 13.0. The second kappa shape index (κ2) is 7.83. The van der Waals surface area contributed by atoms with Crippen molar-refractivity contribution in [2.45, 2.75) is 78.1 Å². The summed E-state index contributed by atoms with van der Waals surface area (Å²) in [6.07, 6.45) is 1.80. The minimum atomic E-state index is -0.792. The van der Waals surface area contributed by atoms with Crippen LogP contribution in [0, 0.1) is 6.92 Å². The number of carbonyl (C=O) groups is 1. The molecule has 154 valence electrons. The van der Waals surface area contributed by atoms with Crippen LogP contribution in [0.3, 0.4) is 0 Å². The molecule has 2 aromatic heterocycles. The Bertz CT molecular complexity index is 822. The first kappa shape index (κ1) is 20.8. The molecule has 1 saturated heterocycles. The Morgan fingerprint density at radius 2 is 2.11 bits per heavy atom. The van der Waals surface area contributed by atoms with Gasteiger partial charge in [0, 0.05) is 15.8 Å². The summed E-state index contributed by atoms with van der Waals surface area (Å²) in [5.41, 5.74) is -1.35. The molecule has 28 heavy (non-hydrogen) atoms. The molecule has 3 heterocycles. The van der Waals surface area contributed by atoms with Gasteiger partial charge in [-0.15, -0.1) is 11.3 Å². The predicted octanol–water partition coefficient (Wildman–Crippen LogP) is 4.54. The Labute approximate surface area is 170 Å². The van der Waals surface area contributed by atoms with E-state index in [1.165, 1.54) is 9.75 Å². The molecular weight excluding hydrogens is 376 g/mol. The molecule has 1 amide bonds. The Morgan fingerprint density at radius 1 is 1.36 bits per heavy atom. The summed E-state index contributed by atoms with van der Waals surface area (Å²) in [4.78, 5) is 21.8. The number of nitrogens with one attached hydrogen (secondary N) is 1. The zero-order valence-electron chi connectivity index (χ0n) is 17.5. The average molecular weight is 407 g/mol. The monoisotopic (exact) mass is 406 g/mol. The molecule has 0 saturated carbocycles. The average Bonchev–Trinajstić information content (AvgIpc) is 3.25. The molecule has 1 unspecified atom stereocenters. The summed E-state index contributed by atoms with van der Waals surface area (Å²) in [5.74, 6) is 1.00. The van der Waals surface area contributed by atoms with Crippen molar-refractivity contribution in [2.24, 2.45) is 0 Å². The number of hydrogen-bond acceptors (Lipinski definition) is 7. The highest BCUT2D eigenvalue weighted by Gasteiger charge is 2.33. The second-order valence-corrected chi connectivity index (χ2v) is 10.2. The number of ether oxygens (including phenoxy) is 1. The molecule has 7 nitrogen and oxygen atoms in total. The van der Waals surface area contributed by atoms with E-state index in [2.05, 4.69) is 39.4 Å². The zero-order valence-corrected chi connectivity index (χ0v) is 18.4. The minimum absolute atomic E-state index is 0.405. The summed E-state index contributed by atoms with van der Waals surface area (Å²) in [6, 6.07) is 4.80. The van der Waals surface area contributed by atoms with E-state index in [-0.39, 0.29) is 0 Å². The lowest BCUT2D eigenvalue weighted by molar-refractivity contribution is 0.0465. The molecule has 1 atom stereocenters. The molecule has 0 aromatic carbocycles. The van der Waals surface area contributed by atoms with Crippen LogP contribution in [0.2, 0.25) is 0 Å². The van der Waals surface area contributed by atoms with Gasteiger partial charge in [0.1, 0.15) is 11.1 Å². The van der Waals surface area contributed by atoms with Crippen molar-refractivity contribution in [2.75, 3.05) is 6.54 Å². The smallest absolute Gasteiger partial charge is 0.408 e. The largest absolute Gasteiger partial charge is 0.444 e. The summed E-state index contributed by atoms with van der Waals surface area (Å²) in [6.45, 7) is 12.9. The van der Waals surface area contributed by atoms with Gasteiger partial charge in [-0.3, -0.25) is 4.90 Å². The van der Waals surface area contributed by atoms with Crippen molar-refractivity contribution in [3.63, 3.8) is 0 Å². The molecule has 0 bridgehead atoms. The number of alkyl carbamates (subject to hydrolysis) is 1. The standard InChI is InChI=1S/C20H30N4O3S/c1-13-9-10-15(28-13)14-8-7-11-24(14)12-16-21-17(23-27-16)20(5,6)22-18(25)26-19(2,3)4/h9-10,14H,7-8,11-12H2,1-6H3,(H,22,25). The van der Waals surface area contributed by atoms with E-state index in [1.807, 2.05) is 46.0 Å². The first-order valence-electron chi connectivity index (χ1n) is 9.68. The van der Waals surface area contributed by atoms with E-state index in [4.69, 9.17) is 9.26 Å². The van der Waals surface area contributed by atoms with Gasteiger partial charge in [-0.1, -0.05) is 5.16 Å². The molecule has 0 spiro atoms. The molecule has 0 radical (unpaired) electrons. The Morgan fingerprint density at radius 3 is 2.75 bits per heavy atom. The van der Waals surface area contributed by atoms with Gasteiger partial charge in [-0.25, -0.2) is 4.79 Å². The van der Waals surface area contributed by atoms with Crippen LogP contribution < -0.4 is 5.32 Å². The third-order valence-electron chi connectivity index (χ3n) is 4.63. The summed E-state index contributed by atoms with van der Waals surface area (Å²) in [5, 5.41) is 6.92. The Kier molecular flexibility index (Phi) is 5.82. The van der Waals surface area contributed by atoms with E-state index < -0.39 is 17.2 Å². The van der Waals surface area contributed by atoms with Crippen LogP contribution in [0.5, 0.6) is 0 Å². The van der Waals surface area contributed by atoms with Gasteiger partial charge in [0.15, 0.2) is 5.82 Å². The number of rotatable bonds is 5. The van der Waals surface area contributed by atoms with Crippen LogP contribution in [0.15, 0.2) is 16.7 Å². The number of hydrogen-bond donors (Lipinski definition) is 1. The van der Waals surface area contributed by atoms with Gasteiger partial charge < -0.3 is 14.6 Å². The highest BCUT2D eigenvalue weighted by molar-refractivity contribution is 7.12. The fraction of sp³-hybridized carbons (Fsp3) is 0.650. The number of aryl methyl sites for hydroxylation is 1. The lowest BCUT2D eigenvalue weighted by Crippen LogP contribution is -2.44. The molecule has 1 aliphatic heterocycles. The number of amides is 1. The van der Waals surface area contributed by atoms with Gasteiger partial charge in [0.05, 0.1) is 6.54 Å². The predicted molar refractivity (Wildman–Crippen MR) is 108 cm³/mol. The SMILES string of the molecule is Cc1ccc(C2CCCN2Cc2nc(C(C)(C)NC(=O)OC(C)(C)C)no2)s1. The lowest BCUT2D eigenvalue weighted by Gasteiger charge is -2.26. The van der Waals surface area contributed by atoms with Gasteiger partial charge in [0.25, 0.3) is 0 Å². The molecule has 2 aromatic rings. The maximum atomic E-state index is 12.1. The Balaban J connectivity index is 1.65. The van der Waals surface area contributed by atoms with E-state index in [0.717, 1.165) is 19.4 Å².